The number of carbonyl (C=O) groups is 1. The van der Waals surface area contributed by atoms with E-state index in [2.05, 4.69) is 38.2 Å². The van der Waals surface area contributed by atoms with Crippen molar-refractivity contribution in [3.05, 3.63) is 94.5 Å². The van der Waals surface area contributed by atoms with E-state index in [1.807, 2.05) is 73.7 Å². The molecule has 0 saturated heterocycles. The molecule has 0 unspecified atom stereocenters. The first kappa shape index (κ1) is 21.9. The quantitative estimate of drug-likeness (QED) is 0.456. The zero-order chi connectivity index (χ0) is 21.7. The Bertz CT molecular complexity index is 1040. The van der Waals surface area contributed by atoms with Gasteiger partial charge in [-0.25, -0.2) is 0 Å². The maximum atomic E-state index is 12.4. The standard InChI is InChI=1S/C27H28ClNO/c1-19-17-23(28)11-14-25(19)22-9-12-24(13-10-22)29-26(30)18-21-7-5-20(6-8-21)15-16-27(2,3)4/h5-17H,18H2,1-4H3,(H,29,30)/b16-15+. The smallest absolute Gasteiger partial charge is 0.228 e. The van der Waals surface area contributed by atoms with Crippen molar-refractivity contribution in [1.29, 1.82) is 0 Å². The SMILES string of the molecule is Cc1cc(Cl)ccc1-c1ccc(NC(=O)Cc2ccc(/C=C/C(C)(C)C)cc2)cc1. The summed E-state index contributed by atoms with van der Waals surface area (Å²) in [5, 5.41) is 3.71. The van der Waals surface area contributed by atoms with Gasteiger partial charge in [0.2, 0.25) is 5.91 Å². The highest BCUT2D eigenvalue weighted by Crippen LogP contribution is 2.27. The van der Waals surface area contributed by atoms with Crippen LogP contribution in [0.5, 0.6) is 0 Å². The van der Waals surface area contributed by atoms with Gasteiger partial charge in [0.15, 0.2) is 0 Å². The fourth-order valence-electron chi connectivity index (χ4n) is 3.17. The second-order valence-corrected chi connectivity index (χ2v) is 9.14. The molecule has 0 aliphatic heterocycles. The summed E-state index contributed by atoms with van der Waals surface area (Å²) in [4.78, 5) is 12.4. The summed E-state index contributed by atoms with van der Waals surface area (Å²) in [5.74, 6) is -0.0246. The normalized spacial score (nSPS) is 11.6. The predicted octanol–water partition coefficient (Wildman–Crippen LogP) is 7.56. The van der Waals surface area contributed by atoms with E-state index in [-0.39, 0.29) is 11.3 Å². The number of rotatable bonds is 5. The Hall–Kier alpha value is -2.84. The number of benzene rings is 3. The van der Waals surface area contributed by atoms with E-state index < -0.39 is 0 Å². The molecule has 0 saturated carbocycles. The van der Waals surface area contributed by atoms with Crippen LogP contribution in [-0.2, 0) is 11.2 Å². The lowest BCUT2D eigenvalue weighted by Gasteiger charge is -2.11. The van der Waals surface area contributed by atoms with Crippen LogP contribution in [0.3, 0.4) is 0 Å². The molecule has 0 heterocycles. The molecule has 0 bridgehead atoms. The lowest BCUT2D eigenvalue weighted by atomic mass is 9.95. The van der Waals surface area contributed by atoms with Crippen LogP contribution in [0.4, 0.5) is 5.69 Å². The van der Waals surface area contributed by atoms with E-state index in [1.54, 1.807) is 0 Å². The maximum Gasteiger partial charge on any atom is 0.228 e. The zero-order valence-corrected chi connectivity index (χ0v) is 18.8. The van der Waals surface area contributed by atoms with Gasteiger partial charge in [0.25, 0.3) is 0 Å². The Morgan fingerprint density at radius 1 is 0.967 bits per heavy atom. The number of amides is 1. The molecular formula is C27H28ClNO. The number of carbonyl (C=O) groups excluding carboxylic acids is 1. The zero-order valence-electron chi connectivity index (χ0n) is 18.0. The molecule has 2 nitrogen and oxygen atoms in total. The highest BCUT2D eigenvalue weighted by Gasteiger charge is 2.07. The third kappa shape index (κ3) is 6.33. The second-order valence-electron chi connectivity index (χ2n) is 8.70. The summed E-state index contributed by atoms with van der Waals surface area (Å²) in [6, 6.07) is 21.9. The average Bonchev–Trinajstić information content (AvgIpc) is 2.68. The Balaban J connectivity index is 1.60. The molecule has 154 valence electrons. The Labute approximate surface area is 184 Å². The summed E-state index contributed by atoms with van der Waals surface area (Å²) in [6.45, 7) is 8.56. The molecule has 3 aromatic carbocycles. The molecule has 0 aromatic heterocycles. The second kappa shape index (κ2) is 9.32. The minimum Gasteiger partial charge on any atom is -0.326 e. The van der Waals surface area contributed by atoms with Gasteiger partial charge >= 0.3 is 0 Å². The van der Waals surface area contributed by atoms with Gasteiger partial charge in [0, 0.05) is 10.7 Å². The van der Waals surface area contributed by atoms with Crippen molar-refractivity contribution in [2.45, 2.75) is 34.1 Å². The van der Waals surface area contributed by atoms with Gasteiger partial charge < -0.3 is 5.32 Å². The van der Waals surface area contributed by atoms with Gasteiger partial charge in [0.05, 0.1) is 6.42 Å². The van der Waals surface area contributed by atoms with Crippen molar-refractivity contribution in [2.75, 3.05) is 5.32 Å². The molecule has 1 amide bonds. The van der Waals surface area contributed by atoms with Crippen molar-refractivity contribution < 1.29 is 4.79 Å². The first-order valence-electron chi connectivity index (χ1n) is 10.1. The van der Waals surface area contributed by atoms with Gasteiger partial charge in [-0.05, 0) is 64.4 Å². The van der Waals surface area contributed by atoms with Crippen LogP contribution in [0, 0.1) is 12.3 Å². The lowest BCUT2D eigenvalue weighted by molar-refractivity contribution is -0.115. The fraction of sp³-hybridized carbons (Fsp3) is 0.222. The minimum absolute atomic E-state index is 0.0246. The van der Waals surface area contributed by atoms with Gasteiger partial charge in [-0.3, -0.25) is 4.79 Å². The molecule has 3 rings (SSSR count). The van der Waals surface area contributed by atoms with Crippen molar-refractivity contribution in [3.8, 4) is 11.1 Å². The maximum absolute atomic E-state index is 12.4. The fourth-order valence-corrected chi connectivity index (χ4v) is 3.39. The summed E-state index contributed by atoms with van der Waals surface area (Å²) in [7, 11) is 0. The van der Waals surface area contributed by atoms with E-state index in [9.17, 15) is 4.79 Å². The summed E-state index contributed by atoms with van der Waals surface area (Å²) in [6.07, 6.45) is 4.65. The van der Waals surface area contributed by atoms with Crippen molar-refractivity contribution >= 4 is 29.3 Å². The third-order valence-electron chi connectivity index (χ3n) is 4.79. The van der Waals surface area contributed by atoms with E-state index >= 15 is 0 Å². The van der Waals surface area contributed by atoms with Crippen molar-refractivity contribution in [1.82, 2.24) is 0 Å². The highest BCUT2D eigenvalue weighted by atomic mass is 35.5. The van der Waals surface area contributed by atoms with Crippen molar-refractivity contribution in [2.24, 2.45) is 5.41 Å². The number of hydrogen-bond acceptors (Lipinski definition) is 1. The molecule has 3 aromatic rings. The summed E-state index contributed by atoms with van der Waals surface area (Å²) in [5.41, 5.74) is 6.44. The first-order chi connectivity index (χ1) is 14.2. The van der Waals surface area contributed by atoms with Crippen molar-refractivity contribution in [3.63, 3.8) is 0 Å². The molecule has 0 radical (unpaired) electrons. The van der Waals surface area contributed by atoms with Crippen LogP contribution in [0.2, 0.25) is 5.02 Å². The summed E-state index contributed by atoms with van der Waals surface area (Å²) < 4.78 is 0. The van der Waals surface area contributed by atoms with Crippen LogP contribution < -0.4 is 5.32 Å². The number of nitrogens with one attached hydrogen (secondary N) is 1. The topological polar surface area (TPSA) is 29.1 Å². The monoisotopic (exact) mass is 417 g/mol. The van der Waals surface area contributed by atoms with Crippen LogP contribution in [0.25, 0.3) is 17.2 Å². The largest absolute Gasteiger partial charge is 0.326 e. The van der Waals surface area contributed by atoms with E-state index in [4.69, 9.17) is 11.6 Å². The Morgan fingerprint density at radius 2 is 1.63 bits per heavy atom. The minimum atomic E-state index is -0.0246. The number of halogens is 1. The van der Waals surface area contributed by atoms with Crippen LogP contribution in [0.15, 0.2) is 72.8 Å². The molecule has 0 atom stereocenters. The molecule has 0 fully saturated rings. The van der Waals surface area contributed by atoms with Gasteiger partial charge in [0.1, 0.15) is 0 Å². The molecule has 0 aliphatic rings. The molecule has 3 heteroatoms. The van der Waals surface area contributed by atoms with E-state index in [0.29, 0.717) is 6.42 Å². The molecular weight excluding hydrogens is 390 g/mol. The lowest BCUT2D eigenvalue weighted by Crippen LogP contribution is -2.14. The van der Waals surface area contributed by atoms with E-state index in [0.717, 1.165) is 38.5 Å². The number of hydrogen-bond donors (Lipinski definition) is 1. The third-order valence-corrected chi connectivity index (χ3v) is 5.02. The van der Waals surface area contributed by atoms with Gasteiger partial charge in [-0.15, -0.1) is 0 Å². The molecule has 1 N–H and O–H groups in total. The molecule has 30 heavy (non-hydrogen) atoms. The van der Waals surface area contributed by atoms with Gasteiger partial charge in [-0.1, -0.05) is 87.0 Å². The number of allylic oxidation sites excluding steroid dienone is 1. The first-order valence-corrected chi connectivity index (χ1v) is 10.5. The van der Waals surface area contributed by atoms with Crippen LogP contribution >= 0.6 is 11.6 Å². The predicted molar refractivity (Wildman–Crippen MR) is 129 cm³/mol. The average molecular weight is 418 g/mol. The highest BCUT2D eigenvalue weighted by molar-refractivity contribution is 6.30. The van der Waals surface area contributed by atoms with Gasteiger partial charge in [-0.2, -0.15) is 0 Å². The number of anilines is 1. The number of aryl methyl sites for hydroxylation is 1. The summed E-state index contributed by atoms with van der Waals surface area (Å²) >= 11 is 6.04. The van der Waals surface area contributed by atoms with Crippen LogP contribution in [-0.4, -0.2) is 5.91 Å². The molecule has 0 spiro atoms. The van der Waals surface area contributed by atoms with Crippen LogP contribution in [0.1, 0.15) is 37.5 Å². The molecule has 0 aliphatic carbocycles. The van der Waals surface area contributed by atoms with E-state index in [1.165, 1.54) is 0 Å². The Kier molecular flexibility index (Phi) is 6.79. The Morgan fingerprint density at radius 3 is 2.23 bits per heavy atom.